The van der Waals surface area contributed by atoms with Crippen LogP contribution in [0, 0.1) is 20.8 Å². The van der Waals surface area contributed by atoms with Crippen molar-refractivity contribution >= 4 is 17.2 Å². The van der Waals surface area contributed by atoms with Gasteiger partial charge < -0.3 is 4.74 Å². The summed E-state index contributed by atoms with van der Waals surface area (Å²) < 4.78 is 5.84. The molecule has 6 heteroatoms. The van der Waals surface area contributed by atoms with Crippen LogP contribution in [0.25, 0.3) is 0 Å². The van der Waals surface area contributed by atoms with Gasteiger partial charge in [0.2, 0.25) is 0 Å². The zero-order valence-corrected chi connectivity index (χ0v) is 13.2. The van der Waals surface area contributed by atoms with Crippen molar-refractivity contribution in [2.24, 2.45) is 5.84 Å². The minimum Gasteiger partial charge on any atom is -0.493 e. The van der Waals surface area contributed by atoms with Crippen LogP contribution in [0.4, 0.5) is 0 Å². The van der Waals surface area contributed by atoms with E-state index in [9.17, 15) is 4.79 Å². The summed E-state index contributed by atoms with van der Waals surface area (Å²) in [6, 6.07) is 4.18. The molecule has 0 aliphatic heterocycles. The Bertz CT molecular complexity index is 652. The molecule has 0 spiro atoms. The highest BCUT2D eigenvalue weighted by Gasteiger charge is 2.09. The Morgan fingerprint density at radius 1 is 1.38 bits per heavy atom. The maximum absolute atomic E-state index is 11.3. The highest BCUT2D eigenvalue weighted by molar-refractivity contribution is 7.09. The van der Waals surface area contributed by atoms with Crippen molar-refractivity contribution in [2.45, 2.75) is 27.2 Å². The van der Waals surface area contributed by atoms with Crippen molar-refractivity contribution in [2.75, 3.05) is 6.61 Å². The van der Waals surface area contributed by atoms with Gasteiger partial charge in [0.1, 0.15) is 11.4 Å². The maximum atomic E-state index is 11.3. The molecule has 0 aliphatic rings. The fourth-order valence-corrected chi connectivity index (χ4v) is 2.76. The number of ether oxygens (including phenoxy) is 1. The van der Waals surface area contributed by atoms with E-state index in [0.717, 1.165) is 16.3 Å². The van der Waals surface area contributed by atoms with Gasteiger partial charge in [-0.05, 0) is 43.5 Å². The number of aryl methyl sites for hydroxylation is 2. The Hall–Kier alpha value is -1.92. The molecular formula is C15H19N3O2S. The van der Waals surface area contributed by atoms with E-state index in [1.54, 1.807) is 5.38 Å². The van der Waals surface area contributed by atoms with Gasteiger partial charge in [0.05, 0.1) is 11.6 Å². The highest BCUT2D eigenvalue weighted by atomic mass is 32.1. The molecule has 3 N–H and O–H groups in total. The van der Waals surface area contributed by atoms with Crippen molar-refractivity contribution in [3.05, 3.63) is 44.9 Å². The predicted molar refractivity (Wildman–Crippen MR) is 83.6 cm³/mol. The molecule has 0 bridgehead atoms. The lowest BCUT2D eigenvalue weighted by Crippen LogP contribution is -2.30. The number of nitrogens with one attached hydrogen (secondary N) is 1. The molecule has 0 aliphatic carbocycles. The molecular weight excluding hydrogens is 286 g/mol. The van der Waals surface area contributed by atoms with Gasteiger partial charge >= 0.3 is 0 Å². The van der Waals surface area contributed by atoms with Crippen molar-refractivity contribution in [1.82, 2.24) is 10.4 Å². The lowest BCUT2D eigenvalue weighted by molar-refractivity contribution is 0.0949. The van der Waals surface area contributed by atoms with Gasteiger partial charge in [0.15, 0.2) is 0 Å². The molecule has 1 amide bonds. The molecule has 1 heterocycles. The topological polar surface area (TPSA) is 77.2 Å². The van der Waals surface area contributed by atoms with Crippen LogP contribution in [0.2, 0.25) is 0 Å². The first-order chi connectivity index (χ1) is 10.0. The Kier molecular flexibility index (Phi) is 4.93. The van der Waals surface area contributed by atoms with Gasteiger partial charge in [-0.3, -0.25) is 10.2 Å². The number of rotatable bonds is 5. The third-order valence-corrected chi connectivity index (χ3v) is 4.16. The summed E-state index contributed by atoms with van der Waals surface area (Å²) in [6.07, 6.45) is 0.662. The first kappa shape index (κ1) is 15.5. The Labute approximate surface area is 128 Å². The molecule has 0 unspecified atom stereocenters. The number of carbonyl (C=O) groups excluding carboxylic acids is 1. The fraction of sp³-hybridized carbons (Fsp3) is 0.333. The number of carbonyl (C=O) groups is 1. The summed E-state index contributed by atoms with van der Waals surface area (Å²) >= 11 is 1.43. The molecule has 112 valence electrons. The second-order valence-electron chi connectivity index (χ2n) is 4.90. The van der Waals surface area contributed by atoms with Crippen LogP contribution in [0.5, 0.6) is 5.75 Å². The molecule has 5 nitrogen and oxygen atoms in total. The van der Waals surface area contributed by atoms with Gasteiger partial charge in [-0.25, -0.2) is 10.8 Å². The van der Waals surface area contributed by atoms with E-state index in [1.807, 2.05) is 6.07 Å². The smallest absolute Gasteiger partial charge is 0.284 e. The third kappa shape index (κ3) is 3.80. The minimum absolute atomic E-state index is 0.347. The van der Waals surface area contributed by atoms with Crippen LogP contribution in [-0.2, 0) is 6.42 Å². The Balaban J connectivity index is 1.96. The number of amides is 1. The van der Waals surface area contributed by atoms with Crippen LogP contribution >= 0.6 is 11.3 Å². The van der Waals surface area contributed by atoms with Gasteiger partial charge in [-0.2, -0.15) is 0 Å². The number of thiazole rings is 1. The molecule has 0 saturated carbocycles. The zero-order valence-electron chi connectivity index (χ0n) is 12.4. The molecule has 2 rings (SSSR count). The summed E-state index contributed by atoms with van der Waals surface area (Å²) in [5, 5.41) is 2.55. The van der Waals surface area contributed by atoms with Crippen molar-refractivity contribution in [1.29, 1.82) is 0 Å². The minimum atomic E-state index is -0.372. The zero-order chi connectivity index (χ0) is 15.4. The lowest BCUT2D eigenvalue weighted by Gasteiger charge is -2.11. The van der Waals surface area contributed by atoms with E-state index in [-0.39, 0.29) is 5.91 Å². The molecule has 0 atom stereocenters. The van der Waals surface area contributed by atoms with Crippen LogP contribution in [0.1, 0.15) is 32.2 Å². The van der Waals surface area contributed by atoms with Gasteiger partial charge in [0, 0.05) is 11.8 Å². The van der Waals surface area contributed by atoms with E-state index >= 15 is 0 Å². The number of benzene rings is 1. The molecule has 2 aromatic rings. The first-order valence-electron chi connectivity index (χ1n) is 6.67. The lowest BCUT2D eigenvalue weighted by atomic mass is 10.1. The summed E-state index contributed by atoms with van der Waals surface area (Å²) in [6.45, 7) is 6.71. The Morgan fingerprint density at radius 2 is 2.14 bits per heavy atom. The molecule has 1 aromatic carbocycles. The van der Waals surface area contributed by atoms with E-state index < -0.39 is 0 Å². The second-order valence-corrected chi connectivity index (χ2v) is 5.85. The monoisotopic (exact) mass is 305 g/mol. The standard InChI is InChI=1S/C15H19N3O2S/c1-9-6-10(2)11(3)13(7-9)20-5-4-14-17-12(8-21-14)15(19)18-16/h6-8H,4-5,16H2,1-3H3,(H,18,19). The van der Waals surface area contributed by atoms with Gasteiger partial charge in [0.25, 0.3) is 5.91 Å². The highest BCUT2D eigenvalue weighted by Crippen LogP contribution is 2.23. The predicted octanol–water partition coefficient (Wildman–Crippen LogP) is 2.29. The average Bonchev–Trinajstić information content (AvgIpc) is 2.92. The molecule has 0 radical (unpaired) electrons. The van der Waals surface area contributed by atoms with Crippen LogP contribution in [-0.4, -0.2) is 17.5 Å². The SMILES string of the molecule is Cc1cc(C)c(C)c(OCCc2nc(C(=O)NN)cs2)c1. The van der Waals surface area contributed by atoms with Crippen LogP contribution in [0.15, 0.2) is 17.5 Å². The Morgan fingerprint density at radius 3 is 2.86 bits per heavy atom. The number of nitrogen functional groups attached to an aromatic ring is 1. The molecule has 0 saturated heterocycles. The average molecular weight is 305 g/mol. The number of hydrogen-bond donors (Lipinski definition) is 2. The number of nitrogens with two attached hydrogens (primary N) is 1. The van der Waals surface area contributed by atoms with Crippen LogP contribution < -0.4 is 16.0 Å². The quantitative estimate of drug-likeness (QED) is 0.505. The van der Waals surface area contributed by atoms with Crippen LogP contribution in [0.3, 0.4) is 0 Å². The van der Waals surface area contributed by atoms with E-state index in [1.165, 1.54) is 22.5 Å². The van der Waals surface area contributed by atoms with Gasteiger partial charge in [-0.15, -0.1) is 11.3 Å². The van der Waals surface area contributed by atoms with E-state index in [2.05, 4.69) is 37.2 Å². The third-order valence-electron chi connectivity index (χ3n) is 3.25. The number of nitrogens with zero attached hydrogens (tertiary/aromatic N) is 1. The summed E-state index contributed by atoms with van der Waals surface area (Å²) in [5.41, 5.74) is 5.98. The summed E-state index contributed by atoms with van der Waals surface area (Å²) in [5.74, 6) is 5.61. The first-order valence-corrected chi connectivity index (χ1v) is 7.55. The molecule has 0 fully saturated rings. The largest absolute Gasteiger partial charge is 0.493 e. The van der Waals surface area contributed by atoms with Crippen molar-refractivity contribution < 1.29 is 9.53 Å². The summed E-state index contributed by atoms with van der Waals surface area (Å²) in [7, 11) is 0. The second kappa shape index (κ2) is 6.69. The molecule has 21 heavy (non-hydrogen) atoms. The van der Waals surface area contributed by atoms with Gasteiger partial charge in [-0.1, -0.05) is 6.07 Å². The van der Waals surface area contributed by atoms with Crippen molar-refractivity contribution in [3.8, 4) is 5.75 Å². The number of aromatic nitrogens is 1. The number of hydrazine groups is 1. The fourth-order valence-electron chi connectivity index (χ4n) is 2.00. The van der Waals surface area contributed by atoms with E-state index in [0.29, 0.717) is 18.7 Å². The summed E-state index contributed by atoms with van der Waals surface area (Å²) in [4.78, 5) is 15.5. The maximum Gasteiger partial charge on any atom is 0.284 e. The normalized spacial score (nSPS) is 10.5. The van der Waals surface area contributed by atoms with E-state index in [4.69, 9.17) is 10.6 Å². The number of hydrogen-bond acceptors (Lipinski definition) is 5. The van der Waals surface area contributed by atoms with Crippen molar-refractivity contribution in [3.63, 3.8) is 0 Å². The molecule has 1 aromatic heterocycles.